The van der Waals surface area contributed by atoms with E-state index in [4.69, 9.17) is 0 Å². The third-order valence-electron chi connectivity index (χ3n) is 4.22. The summed E-state index contributed by atoms with van der Waals surface area (Å²) in [6, 6.07) is 0. The Kier molecular flexibility index (Phi) is 6.01. The number of imidazole rings is 1. The molecule has 0 radical (unpaired) electrons. The number of aryl methyl sites for hydroxylation is 2. The number of anilines is 1. The Labute approximate surface area is 135 Å². The quantitative estimate of drug-likeness (QED) is 0.694. The second-order valence-corrected chi connectivity index (χ2v) is 5.95. The summed E-state index contributed by atoms with van der Waals surface area (Å²) >= 11 is 0. The first-order chi connectivity index (χ1) is 11.1. The number of nitrogens with zero attached hydrogens (tertiary/aromatic N) is 3. The molecule has 0 spiro atoms. The Morgan fingerprint density at radius 3 is 2.39 bits per heavy atom. The number of aromatic nitrogens is 4. The fraction of sp³-hybridized carbons (Fsp3) is 0.688. The molecule has 23 heavy (non-hydrogen) atoms. The summed E-state index contributed by atoms with van der Waals surface area (Å²) in [6.07, 6.45) is 8.48. The maximum absolute atomic E-state index is 12.2. The van der Waals surface area contributed by atoms with E-state index in [9.17, 15) is 9.59 Å². The molecule has 0 aromatic carbocycles. The van der Waals surface area contributed by atoms with Crippen molar-refractivity contribution in [3.63, 3.8) is 0 Å². The van der Waals surface area contributed by atoms with E-state index < -0.39 is 5.69 Å². The van der Waals surface area contributed by atoms with E-state index in [1.165, 1.54) is 36.7 Å². The number of fused-ring (bicyclic) bond motifs is 1. The molecule has 0 atom stereocenters. The van der Waals surface area contributed by atoms with Gasteiger partial charge in [0.15, 0.2) is 11.2 Å². The van der Waals surface area contributed by atoms with Gasteiger partial charge in [-0.25, -0.2) is 4.79 Å². The molecular weight excluding hydrogens is 294 g/mol. The monoisotopic (exact) mass is 321 g/mol. The number of rotatable bonds is 9. The molecule has 0 saturated heterocycles. The van der Waals surface area contributed by atoms with Crippen LogP contribution in [-0.4, -0.2) is 26.1 Å². The van der Waals surface area contributed by atoms with Crippen molar-refractivity contribution in [1.29, 1.82) is 0 Å². The van der Waals surface area contributed by atoms with Gasteiger partial charge in [-0.1, -0.05) is 45.4 Å². The van der Waals surface area contributed by atoms with Crippen molar-refractivity contribution in [2.75, 3.05) is 12.4 Å². The lowest BCUT2D eigenvalue weighted by molar-refractivity contribution is 0.556. The molecule has 2 rings (SSSR count). The molecule has 0 saturated carbocycles. The normalized spacial score (nSPS) is 11.3. The van der Waals surface area contributed by atoms with Crippen LogP contribution in [0.5, 0.6) is 0 Å². The molecule has 7 nitrogen and oxygen atoms in total. The summed E-state index contributed by atoms with van der Waals surface area (Å²) in [5.41, 5.74) is 0.0688. The highest BCUT2D eigenvalue weighted by molar-refractivity contribution is 5.74. The predicted octanol–water partition coefficient (Wildman–Crippen LogP) is 2.22. The molecular formula is C16H27N5O2. The zero-order chi connectivity index (χ0) is 16.8. The van der Waals surface area contributed by atoms with E-state index in [0.717, 1.165) is 19.4 Å². The Bertz CT molecular complexity index is 756. The Morgan fingerprint density at radius 2 is 1.74 bits per heavy atom. The van der Waals surface area contributed by atoms with Gasteiger partial charge in [-0.3, -0.25) is 14.3 Å². The van der Waals surface area contributed by atoms with Gasteiger partial charge in [0.2, 0.25) is 5.95 Å². The predicted molar refractivity (Wildman–Crippen MR) is 93.1 cm³/mol. The lowest BCUT2D eigenvalue weighted by atomic mass is 10.1. The van der Waals surface area contributed by atoms with Gasteiger partial charge in [0.25, 0.3) is 5.56 Å². The third-order valence-corrected chi connectivity index (χ3v) is 4.22. The summed E-state index contributed by atoms with van der Waals surface area (Å²) < 4.78 is 3.25. The van der Waals surface area contributed by atoms with Crippen molar-refractivity contribution >= 4 is 17.1 Å². The standard InChI is InChI=1S/C16H27N5O2/c1-4-5-6-7-8-9-10-11-21-12-13(18-15(21)17-2)20(3)16(23)19-14(12)22/h4-11H2,1-3H3,(H,17,18)(H,19,22,23). The molecule has 0 fully saturated rings. The van der Waals surface area contributed by atoms with Gasteiger partial charge in [0.1, 0.15) is 0 Å². The number of unbranched alkanes of at least 4 members (excludes halogenated alkanes) is 6. The Balaban J connectivity index is 2.12. The Hall–Kier alpha value is -2.05. The van der Waals surface area contributed by atoms with E-state index in [1.54, 1.807) is 14.1 Å². The van der Waals surface area contributed by atoms with Crippen LogP contribution in [0.15, 0.2) is 9.59 Å². The van der Waals surface area contributed by atoms with Crippen LogP contribution in [0.2, 0.25) is 0 Å². The summed E-state index contributed by atoms with van der Waals surface area (Å²) in [6.45, 7) is 2.94. The average Bonchev–Trinajstić information content (AvgIpc) is 2.91. The second kappa shape index (κ2) is 7.99. The van der Waals surface area contributed by atoms with Crippen molar-refractivity contribution < 1.29 is 0 Å². The number of aromatic amines is 1. The first kappa shape index (κ1) is 17.3. The topological polar surface area (TPSA) is 84.7 Å². The minimum absolute atomic E-state index is 0.375. The van der Waals surface area contributed by atoms with Gasteiger partial charge >= 0.3 is 5.69 Å². The van der Waals surface area contributed by atoms with Crippen molar-refractivity contribution in [2.24, 2.45) is 7.05 Å². The van der Waals surface area contributed by atoms with Gasteiger partial charge < -0.3 is 9.88 Å². The largest absolute Gasteiger partial charge is 0.359 e. The van der Waals surface area contributed by atoms with Gasteiger partial charge in [-0.05, 0) is 6.42 Å². The average molecular weight is 321 g/mol. The third kappa shape index (κ3) is 3.83. The first-order valence-electron chi connectivity index (χ1n) is 8.47. The molecule has 2 aromatic rings. The molecule has 0 aliphatic carbocycles. The van der Waals surface area contributed by atoms with Gasteiger partial charge in [-0.15, -0.1) is 0 Å². The summed E-state index contributed by atoms with van der Waals surface area (Å²) in [5, 5.41) is 3.01. The maximum Gasteiger partial charge on any atom is 0.329 e. The van der Waals surface area contributed by atoms with Gasteiger partial charge in [0.05, 0.1) is 0 Å². The minimum atomic E-state index is -0.439. The highest BCUT2D eigenvalue weighted by atomic mass is 16.2. The lowest BCUT2D eigenvalue weighted by Crippen LogP contribution is -2.29. The highest BCUT2D eigenvalue weighted by Crippen LogP contribution is 2.16. The van der Waals surface area contributed by atoms with Crippen molar-refractivity contribution in [2.45, 2.75) is 58.4 Å². The highest BCUT2D eigenvalue weighted by Gasteiger charge is 2.15. The van der Waals surface area contributed by atoms with Crippen LogP contribution in [0.25, 0.3) is 11.2 Å². The smallest absolute Gasteiger partial charge is 0.329 e. The van der Waals surface area contributed by atoms with E-state index >= 15 is 0 Å². The van der Waals surface area contributed by atoms with Crippen molar-refractivity contribution in [3.05, 3.63) is 20.8 Å². The van der Waals surface area contributed by atoms with E-state index in [1.807, 2.05) is 4.57 Å². The first-order valence-corrected chi connectivity index (χ1v) is 8.47. The number of H-pyrrole nitrogens is 1. The summed E-state index contributed by atoms with van der Waals surface area (Å²) in [7, 11) is 3.39. The van der Waals surface area contributed by atoms with Gasteiger partial charge in [0, 0.05) is 20.6 Å². The molecule has 0 amide bonds. The van der Waals surface area contributed by atoms with E-state index in [0.29, 0.717) is 17.1 Å². The minimum Gasteiger partial charge on any atom is -0.359 e. The summed E-state index contributed by atoms with van der Waals surface area (Å²) in [5.74, 6) is 0.623. The van der Waals surface area contributed by atoms with Crippen LogP contribution in [0.3, 0.4) is 0 Å². The van der Waals surface area contributed by atoms with Crippen LogP contribution >= 0.6 is 0 Å². The second-order valence-electron chi connectivity index (χ2n) is 5.95. The van der Waals surface area contributed by atoms with Crippen LogP contribution in [-0.2, 0) is 13.6 Å². The zero-order valence-electron chi connectivity index (χ0n) is 14.3. The fourth-order valence-corrected chi connectivity index (χ4v) is 2.87. The van der Waals surface area contributed by atoms with Gasteiger partial charge in [-0.2, -0.15) is 4.98 Å². The Morgan fingerprint density at radius 1 is 1.09 bits per heavy atom. The molecule has 0 unspecified atom stereocenters. The van der Waals surface area contributed by atoms with Crippen molar-refractivity contribution in [1.82, 2.24) is 19.1 Å². The molecule has 2 heterocycles. The van der Waals surface area contributed by atoms with Crippen LogP contribution in [0.4, 0.5) is 5.95 Å². The lowest BCUT2D eigenvalue weighted by Gasteiger charge is -2.08. The number of hydrogen-bond donors (Lipinski definition) is 2. The molecule has 2 N–H and O–H groups in total. The number of nitrogens with one attached hydrogen (secondary N) is 2. The zero-order valence-corrected chi connectivity index (χ0v) is 14.3. The SMILES string of the molecule is CCCCCCCCCn1c(NC)nc2c1c(=O)[nH]c(=O)n2C. The van der Waals surface area contributed by atoms with Crippen LogP contribution < -0.4 is 16.6 Å². The van der Waals surface area contributed by atoms with E-state index in [-0.39, 0.29) is 5.56 Å². The molecule has 0 aliphatic heterocycles. The maximum atomic E-state index is 12.2. The molecule has 0 aliphatic rings. The van der Waals surface area contributed by atoms with Crippen LogP contribution in [0.1, 0.15) is 51.9 Å². The molecule has 7 heteroatoms. The fourth-order valence-electron chi connectivity index (χ4n) is 2.87. The molecule has 2 aromatic heterocycles. The van der Waals surface area contributed by atoms with Crippen molar-refractivity contribution in [3.8, 4) is 0 Å². The summed E-state index contributed by atoms with van der Waals surface area (Å²) in [4.78, 5) is 30.6. The molecule has 0 bridgehead atoms. The van der Waals surface area contributed by atoms with E-state index in [2.05, 4.69) is 22.2 Å². The molecule has 128 valence electrons. The number of hydrogen-bond acceptors (Lipinski definition) is 4. The van der Waals surface area contributed by atoms with Crippen LogP contribution in [0, 0.1) is 0 Å².